The Balaban J connectivity index is 1.66. The second-order valence-electron chi connectivity index (χ2n) is 7.01. The molecule has 4 nitrogen and oxygen atoms in total. The van der Waals surface area contributed by atoms with Crippen LogP contribution in [0.4, 0.5) is 0 Å². The Morgan fingerprint density at radius 1 is 1.20 bits per heavy atom. The topological polar surface area (TPSA) is 32.8 Å². The molecule has 0 radical (unpaired) electrons. The van der Waals surface area contributed by atoms with Crippen LogP contribution in [-0.2, 0) is 9.53 Å². The molecule has 2 heterocycles. The molecule has 1 aliphatic carbocycles. The Bertz CT molecular complexity index is 352. The van der Waals surface area contributed by atoms with E-state index in [1.165, 1.54) is 32.1 Å². The molecule has 0 N–H and O–H groups in total. The molecule has 3 aliphatic rings. The zero-order valence-corrected chi connectivity index (χ0v) is 12.9. The summed E-state index contributed by atoms with van der Waals surface area (Å²) in [5.41, 5.74) is 0. The summed E-state index contributed by atoms with van der Waals surface area (Å²) in [4.78, 5) is 16.9. The molecule has 4 heteroatoms. The highest BCUT2D eigenvalue weighted by molar-refractivity contribution is 5.78. The van der Waals surface area contributed by atoms with E-state index in [1.54, 1.807) is 0 Å². The van der Waals surface area contributed by atoms with Crippen molar-refractivity contribution >= 4 is 5.91 Å². The number of fused-ring (bicyclic) bond motifs is 1. The first kappa shape index (κ1) is 14.3. The van der Waals surface area contributed by atoms with Crippen molar-refractivity contribution in [1.29, 1.82) is 0 Å². The van der Waals surface area contributed by atoms with E-state index < -0.39 is 0 Å². The largest absolute Gasteiger partial charge is 0.365 e. The number of carbonyl (C=O) groups is 1. The van der Waals surface area contributed by atoms with E-state index in [-0.39, 0.29) is 12.0 Å². The summed E-state index contributed by atoms with van der Waals surface area (Å²) >= 11 is 0. The number of morpholine rings is 1. The molecular formula is C16H28N2O2. The van der Waals surface area contributed by atoms with Gasteiger partial charge in [-0.1, -0.05) is 19.3 Å². The molecule has 3 fully saturated rings. The van der Waals surface area contributed by atoms with Crippen molar-refractivity contribution in [2.24, 2.45) is 5.92 Å². The number of nitrogens with zero attached hydrogens (tertiary/aromatic N) is 2. The monoisotopic (exact) mass is 280 g/mol. The Kier molecular flexibility index (Phi) is 4.32. The fourth-order valence-corrected chi connectivity index (χ4v) is 4.00. The molecule has 3 rings (SSSR count). The van der Waals surface area contributed by atoms with E-state index in [0.29, 0.717) is 18.7 Å². The average molecular weight is 280 g/mol. The van der Waals surface area contributed by atoms with E-state index >= 15 is 0 Å². The minimum Gasteiger partial charge on any atom is -0.365 e. The second-order valence-corrected chi connectivity index (χ2v) is 7.01. The van der Waals surface area contributed by atoms with Gasteiger partial charge >= 0.3 is 0 Å². The maximum atomic E-state index is 12.3. The summed E-state index contributed by atoms with van der Waals surface area (Å²) < 4.78 is 5.78. The average Bonchev–Trinajstić information content (AvgIpc) is 2.88. The molecule has 2 aliphatic heterocycles. The fraction of sp³-hybridized carbons (Fsp3) is 0.938. The zero-order valence-electron chi connectivity index (χ0n) is 12.9. The molecule has 0 aromatic carbocycles. The van der Waals surface area contributed by atoms with Crippen LogP contribution >= 0.6 is 0 Å². The van der Waals surface area contributed by atoms with Crippen LogP contribution in [0.5, 0.6) is 0 Å². The first-order chi connectivity index (χ1) is 9.65. The van der Waals surface area contributed by atoms with E-state index in [9.17, 15) is 4.79 Å². The first-order valence-electron chi connectivity index (χ1n) is 8.30. The maximum absolute atomic E-state index is 12.3. The van der Waals surface area contributed by atoms with Crippen LogP contribution < -0.4 is 0 Å². The summed E-state index contributed by atoms with van der Waals surface area (Å²) in [5, 5.41) is 0. The van der Waals surface area contributed by atoms with Gasteiger partial charge in [0.05, 0.1) is 12.1 Å². The molecule has 2 atom stereocenters. The van der Waals surface area contributed by atoms with E-state index in [2.05, 4.69) is 23.6 Å². The quantitative estimate of drug-likeness (QED) is 0.791. The van der Waals surface area contributed by atoms with Crippen LogP contribution in [0.3, 0.4) is 0 Å². The minimum atomic E-state index is 0.211. The highest BCUT2D eigenvalue weighted by atomic mass is 16.5. The Morgan fingerprint density at radius 3 is 2.65 bits per heavy atom. The number of amides is 1. The van der Waals surface area contributed by atoms with Crippen LogP contribution in [-0.4, -0.2) is 60.1 Å². The molecule has 1 saturated carbocycles. The smallest absolute Gasteiger partial charge is 0.248 e. The van der Waals surface area contributed by atoms with Gasteiger partial charge in [0.25, 0.3) is 0 Å². The van der Waals surface area contributed by atoms with E-state index in [4.69, 9.17) is 4.74 Å². The second kappa shape index (κ2) is 6.02. The van der Waals surface area contributed by atoms with Crippen molar-refractivity contribution in [3.63, 3.8) is 0 Å². The van der Waals surface area contributed by atoms with Gasteiger partial charge in [0, 0.05) is 25.7 Å². The molecule has 1 amide bonds. The SMILES string of the molecule is CC(C)N1CC2OCC(=O)N(CC3CCCCC3)C2C1. The molecule has 0 aromatic rings. The number of ether oxygens (including phenoxy) is 1. The van der Waals surface area contributed by atoms with Gasteiger partial charge in [-0.3, -0.25) is 9.69 Å². The Labute approximate surface area is 122 Å². The molecular weight excluding hydrogens is 252 g/mol. The standard InChI is InChI=1S/C16H28N2O2/c1-12(2)17-9-14-15(10-17)20-11-16(19)18(14)8-13-6-4-3-5-7-13/h12-15H,3-11H2,1-2H3. The van der Waals surface area contributed by atoms with Crippen LogP contribution in [0.1, 0.15) is 46.0 Å². The number of hydrogen-bond donors (Lipinski definition) is 0. The maximum Gasteiger partial charge on any atom is 0.248 e. The van der Waals surface area contributed by atoms with Gasteiger partial charge in [0.15, 0.2) is 0 Å². The molecule has 2 saturated heterocycles. The molecule has 20 heavy (non-hydrogen) atoms. The highest BCUT2D eigenvalue weighted by Gasteiger charge is 2.44. The summed E-state index contributed by atoms with van der Waals surface area (Å²) in [5.74, 6) is 0.932. The normalized spacial score (nSPS) is 33.0. The van der Waals surface area contributed by atoms with Gasteiger partial charge in [0.1, 0.15) is 6.61 Å². The Hall–Kier alpha value is -0.610. The summed E-state index contributed by atoms with van der Waals surface area (Å²) in [6.45, 7) is 7.68. The summed E-state index contributed by atoms with van der Waals surface area (Å²) in [6, 6.07) is 0.830. The predicted molar refractivity (Wildman–Crippen MR) is 78.5 cm³/mol. The van der Waals surface area contributed by atoms with Gasteiger partial charge in [0.2, 0.25) is 5.91 Å². The van der Waals surface area contributed by atoms with Crippen molar-refractivity contribution in [2.45, 2.75) is 64.1 Å². The lowest BCUT2D eigenvalue weighted by atomic mass is 9.88. The lowest BCUT2D eigenvalue weighted by Gasteiger charge is -2.39. The predicted octanol–water partition coefficient (Wildman–Crippen LogP) is 1.89. The van der Waals surface area contributed by atoms with Gasteiger partial charge in [-0.25, -0.2) is 0 Å². The molecule has 0 spiro atoms. The van der Waals surface area contributed by atoms with Gasteiger partial charge in [-0.2, -0.15) is 0 Å². The number of likely N-dealkylation sites (tertiary alicyclic amines) is 1. The Morgan fingerprint density at radius 2 is 1.95 bits per heavy atom. The van der Waals surface area contributed by atoms with Crippen LogP contribution in [0.2, 0.25) is 0 Å². The minimum absolute atomic E-state index is 0.211. The lowest BCUT2D eigenvalue weighted by molar-refractivity contribution is -0.154. The lowest BCUT2D eigenvalue weighted by Crippen LogP contribution is -2.55. The zero-order chi connectivity index (χ0) is 14.1. The van der Waals surface area contributed by atoms with Crippen molar-refractivity contribution < 1.29 is 9.53 Å². The third kappa shape index (κ3) is 2.86. The van der Waals surface area contributed by atoms with Crippen LogP contribution in [0, 0.1) is 5.92 Å². The first-order valence-corrected chi connectivity index (χ1v) is 8.30. The highest BCUT2D eigenvalue weighted by Crippen LogP contribution is 2.29. The van der Waals surface area contributed by atoms with Gasteiger partial charge in [-0.05, 0) is 32.6 Å². The number of rotatable bonds is 3. The van der Waals surface area contributed by atoms with E-state index in [1.807, 2.05) is 0 Å². The van der Waals surface area contributed by atoms with Crippen LogP contribution in [0.15, 0.2) is 0 Å². The van der Waals surface area contributed by atoms with Crippen molar-refractivity contribution in [3.05, 3.63) is 0 Å². The third-order valence-corrected chi connectivity index (χ3v) is 5.32. The summed E-state index contributed by atoms with van der Waals surface area (Å²) in [6.07, 6.45) is 6.90. The molecule has 0 bridgehead atoms. The molecule has 114 valence electrons. The number of hydrogen-bond acceptors (Lipinski definition) is 3. The van der Waals surface area contributed by atoms with Crippen molar-refractivity contribution in [2.75, 3.05) is 26.2 Å². The summed E-state index contributed by atoms with van der Waals surface area (Å²) in [7, 11) is 0. The van der Waals surface area contributed by atoms with Gasteiger partial charge < -0.3 is 9.64 Å². The van der Waals surface area contributed by atoms with E-state index in [0.717, 1.165) is 25.6 Å². The van der Waals surface area contributed by atoms with Crippen LogP contribution in [0.25, 0.3) is 0 Å². The number of carbonyl (C=O) groups excluding carboxylic acids is 1. The molecule has 0 aromatic heterocycles. The third-order valence-electron chi connectivity index (χ3n) is 5.32. The van der Waals surface area contributed by atoms with Gasteiger partial charge in [-0.15, -0.1) is 0 Å². The fourth-order valence-electron chi connectivity index (χ4n) is 4.00. The van der Waals surface area contributed by atoms with Crippen molar-refractivity contribution in [3.8, 4) is 0 Å². The molecule has 2 unspecified atom stereocenters. The van der Waals surface area contributed by atoms with Crippen molar-refractivity contribution in [1.82, 2.24) is 9.80 Å².